The van der Waals surface area contributed by atoms with E-state index < -0.39 is 0 Å². The van der Waals surface area contributed by atoms with Gasteiger partial charge < -0.3 is 11.1 Å². The van der Waals surface area contributed by atoms with Crippen LogP contribution in [0.4, 0.5) is 5.69 Å². The van der Waals surface area contributed by atoms with Crippen LogP contribution in [0.5, 0.6) is 0 Å². The number of aromatic nitrogens is 1. The fourth-order valence-corrected chi connectivity index (χ4v) is 2.44. The molecule has 94 valence electrons. The molecule has 0 fully saturated rings. The Kier molecular flexibility index (Phi) is 3.62. The summed E-state index contributed by atoms with van der Waals surface area (Å²) in [6, 6.07) is 7.03. The van der Waals surface area contributed by atoms with E-state index in [1.54, 1.807) is 35.6 Å². The number of nitrogens with zero attached hydrogens (tertiary/aromatic N) is 1. The number of hydrogen-bond acceptors (Lipinski definition) is 4. The molecule has 1 amide bonds. The second-order valence-corrected chi connectivity index (χ2v) is 5.31. The molecule has 0 spiro atoms. The van der Waals surface area contributed by atoms with Gasteiger partial charge in [-0.25, -0.2) is 4.98 Å². The lowest BCUT2D eigenvalue weighted by Gasteiger charge is -2.05. The quantitative estimate of drug-likeness (QED) is 0.833. The third-order valence-corrected chi connectivity index (χ3v) is 3.75. The Balaban J connectivity index is 2.03. The van der Waals surface area contributed by atoms with Gasteiger partial charge in [0.1, 0.15) is 5.01 Å². The standard InChI is InChI=1S/C13H15N3OS/c1-8-9(2)18-12(16-8)7-15-13(17)10-5-3-4-6-11(10)14/h3-6H,7,14H2,1-2H3,(H,15,17). The van der Waals surface area contributed by atoms with Crippen molar-refractivity contribution in [3.05, 3.63) is 45.4 Å². The highest BCUT2D eigenvalue weighted by molar-refractivity contribution is 7.11. The van der Waals surface area contributed by atoms with E-state index in [2.05, 4.69) is 10.3 Å². The van der Waals surface area contributed by atoms with Crippen LogP contribution in [0.2, 0.25) is 0 Å². The summed E-state index contributed by atoms with van der Waals surface area (Å²) in [6.45, 7) is 4.42. The Morgan fingerprint density at radius 1 is 1.39 bits per heavy atom. The minimum Gasteiger partial charge on any atom is -0.398 e. The number of nitrogens with one attached hydrogen (secondary N) is 1. The number of hydrogen-bond donors (Lipinski definition) is 2. The van der Waals surface area contributed by atoms with E-state index in [1.807, 2.05) is 13.8 Å². The maximum atomic E-state index is 11.9. The molecule has 0 bridgehead atoms. The summed E-state index contributed by atoms with van der Waals surface area (Å²) < 4.78 is 0. The fourth-order valence-electron chi connectivity index (χ4n) is 1.57. The number of carbonyl (C=O) groups is 1. The van der Waals surface area contributed by atoms with Crippen molar-refractivity contribution in [2.24, 2.45) is 0 Å². The number of carbonyl (C=O) groups excluding carboxylic acids is 1. The van der Waals surface area contributed by atoms with Crippen LogP contribution < -0.4 is 11.1 Å². The zero-order valence-electron chi connectivity index (χ0n) is 10.4. The van der Waals surface area contributed by atoms with Crippen LogP contribution in [-0.4, -0.2) is 10.9 Å². The molecule has 0 atom stereocenters. The summed E-state index contributed by atoms with van der Waals surface area (Å²) in [4.78, 5) is 17.5. The normalized spacial score (nSPS) is 10.3. The fraction of sp³-hybridized carbons (Fsp3) is 0.231. The maximum absolute atomic E-state index is 11.9. The predicted octanol–water partition coefficient (Wildman–Crippen LogP) is 2.27. The lowest BCUT2D eigenvalue weighted by Crippen LogP contribution is -2.23. The molecule has 0 unspecified atom stereocenters. The van der Waals surface area contributed by atoms with E-state index in [0.717, 1.165) is 10.7 Å². The van der Waals surface area contributed by atoms with Gasteiger partial charge in [-0.3, -0.25) is 4.79 Å². The monoisotopic (exact) mass is 261 g/mol. The smallest absolute Gasteiger partial charge is 0.253 e. The molecular weight excluding hydrogens is 246 g/mol. The summed E-state index contributed by atoms with van der Waals surface area (Å²) in [7, 11) is 0. The molecule has 18 heavy (non-hydrogen) atoms. The molecule has 2 aromatic rings. The van der Waals surface area contributed by atoms with E-state index in [4.69, 9.17) is 5.73 Å². The van der Waals surface area contributed by atoms with Crippen LogP contribution >= 0.6 is 11.3 Å². The highest BCUT2D eigenvalue weighted by atomic mass is 32.1. The van der Waals surface area contributed by atoms with Crippen molar-refractivity contribution in [2.75, 3.05) is 5.73 Å². The molecule has 0 aliphatic rings. The molecule has 0 saturated carbocycles. The molecule has 1 aromatic carbocycles. The average Bonchev–Trinajstić information content (AvgIpc) is 2.66. The van der Waals surface area contributed by atoms with Crippen molar-refractivity contribution >= 4 is 22.9 Å². The Morgan fingerprint density at radius 2 is 2.11 bits per heavy atom. The highest BCUT2D eigenvalue weighted by Crippen LogP contribution is 2.16. The van der Waals surface area contributed by atoms with E-state index in [9.17, 15) is 4.79 Å². The van der Waals surface area contributed by atoms with Crippen molar-refractivity contribution in [3.8, 4) is 0 Å². The van der Waals surface area contributed by atoms with Crippen molar-refractivity contribution in [1.29, 1.82) is 0 Å². The van der Waals surface area contributed by atoms with Gasteiger partial charge in [0.05, 0.1) is 17.8 Å². The topological polar surface area (TPSA) is 68.0 Å². The third kappa shape index (κ3) is 2.68. The first kappa shape index (κ1) is 12.6. The van der Waals surface area contributed by atoms with Gasteiger partial charge in [-0.1, -0.05) is 12.1 Å². The number of aryl methyl sites for hydroxylation is 2. The highest BCUT2D eigenvalue weighted by Gasteiger charge is 2.10. The summed E-state index contributed by atoms with van der Waals surface area (Å²) in [5, 5.41) is 3.74. The second-order valence-electron chi connectivity index (χ2n) is 4.02. The van der Waals surface area contributed by atoms with Gasteiger partial charge in [0, 0.05) is 10.6 Å². The Morgan fingerprint density at radius 3 is 2.72 bits per heavy atom. The number of para-hydroxylation sites is 1. The summed E-state index contributed by atoms with van der Waals surface area (Å²) in [6.07, 6.45) is 0. The molecule has 0 aliphatic carbocycles. The molecule has 2 rings (SSSR count). The second kappa shape index (κ2) is 5.18. The maximum Gasteiger partial charge on any atom is 0.253 e. The van der Waals surface area contributed by atoms with E-state index in [-0.39, 0.29) is 5.91 Å². The van der Waals surface area contributed by atoms with Gasteiger partial charge in [-0.15, -0.1) is 11.3 Å². The van der Waals surface area contributed by atoms with Gasteiger partial charge in [-0.05, 0) is 26.0 Å². The summed E-state index contributed by atoms with van der Waals surface area (Å²) >= 11 is 1.60. The van der Waals surface area contributed by atoms with Crippen molar-refractivity contribution in [3.63, 3.8) is 0 Å². The Labute approximate surface area is 110 Å². The molecule has 0 aliphatic heterocycles. The lowest BCUT2D eigenvalue weighted by molar-refractivity contribution is 0.0951. The SMILES string of the molecule is Cc1nc(CNC(=O)c2ccccc2N)sc1C. The van der Waals surface area contributed by atoms with Crippen LogP contribution in [0.25, 0.3) is 0 Å². The Bertz CT molecular complexity index is 558. The van der Waals surface area contributed by atoms with Gasteiger partial charge in [-0.2, -0.15) is 0 Å². The number of nitrogens with two attached hydrogens (primary N) is 1. The van der Waals surface area contributed by atoms with Crippen molar-refractivity contribution < 1.29 is 4.79 Å². The third-order valence-electron chi connectivity index (χ3n) is 2.68. The summed E-state index contributed by atoms with van der Waals surface area (Å²) in [5.41, 5.74) is 7.75. The van der Waals surface area contributed by atoms with Crippen LogP contribution in [-0.2, 0) is 6.54 Å². The first-order valence-corrected chi connectivity index (χ1v) is 6.45. The number of amides is 1. The first-order valence-electron chi connectivity index (χ1n) is 5.63. The molecule has 0 radical (unpaired) electrons. The van der Waals surface area contributed by atoms with E-state index in [1.165, 1.54) is 4.88 Å². The van der Waals surface area contributed by atoms with Crippen LogP contribution in [0, 0.1) is 13.8 Å². The largest absolute Gasteiger partial charge is 0.398 e. The van der Waals surface area contributed by atoms with Gasteiger partial charge in [0.2, 0.25) is 0 Å². The minimum absolute atomic E-state index is 0.168. The van der Waals surface area contributed by atoms with Crippen LogP contribution in [0.3, 0.4) is 0 Å². The number of rotatable bonds is 3. The number of thiazole rings is 1. The molecular formula is C13H15N3OS. The molecule has 4 nitrogen and oxygen atoms in total. The van der Waals surface area contributed by atoms with Crippen molar-refractivity contribution in [2.45, 2.75) is 20.4 Å². The molecule has 0 saturated heterocycles. The molecule has 1 heterocycles. The first-order chi connectivity index (χ1) is 8.58. The predicted molar refractivity (Wildman–Crippen MR) is 73.6 cm³/mol. The van der Waals surface area contributed by atoms with E-state index in [0.29, 0.717) is 17.8 Å². The van der Waals surface area contributed by atoms with E-state index >= 15 is 0 Å². The average molecular weight is 261 g/mol. The molecule has 5 heteroatoms. The lowest BCUT2D eigenvalue weighted by atomic mass is 10.2. The number of benzene rings is 1. The molecule has 1 aromatic heterocycles. The van der Waals surface area contributed by atoms with Gasteiger partial charge >= 0.3 is 0 Å². The van der Waals surface area contributed by atoms with Gasteiger partial charge in [0.15, 0.2) is 0 Å². The van der Waals surface area contributed by atoms with Gasteiger partial charge in [0.25, 0.3) is 5.91 Å². The number of nitrogen functional groups attached to an aromatic ring is 1. The van der Waals surface area contributed by atoms with Crippen LogP contribution in [0.1, 0.15) is 25.9 Å². The number of anilines is 1. The molecule has 3 N–H and O–H groups in total. The van der Waals surface area contributed by atoms with Crippen molar-refractivity contribution in [1.82, 2.24) is 10.3 Å². The zero-order valence-corrected chi connectivity index (χ0v) is 11.2. The minimum atomic E-state index is -0.168. The zero-order chi connectivity index (χ0) is 13.1. The van der Waals surface area contributed by atoms with Crippen LogP contribution in [0.15, 0.2) is 24.3 Å². The summed E-state index contributed by atoms with van der Waals surface area (Å²) in [5.74, 6) is -0.168. The Hall–Kier alpha value is -1.88.